The first-order valence-corrected chi connectivity index (χ1v) is 12.3. The minimum absolute atomic E-state index is 0.0718. The largest absolute Gasteiger partial charge is 0.616 e. The van der Waals surface area contributed by atoms with E-state index in [1.54, 1.807) is 6.07 Å². The number of amides is 1. The summed E-state index contributed by atoms with van der Waals surface area (Å²) >= 11 is 4.84. The van der Waals surface area contributed by atoms with Crippen LogP contribution in [0.1, 0.15) is 78.3 Å². The first-order valence-electron chi connectivity index (χ1n) is 10.6. The molecular formula is C23H33ClFNO2S. The second-order valence-electron chi connectivity index (χ2n) is 9.88. The van der Waals surface area contributed by atoms with Crippen molar-refractivity contribution in [3.63, 3.8) is 0 Å². The topological polar surface area (TPSA) is 43.4 Å². The number of halogens is 2. The molecule has 162 valence electrons. The van der Waals surface area contributed by atoms with E-state index in [2.05, 4.69) is 6.92 Å². The van der Waals surface area contributed by atoms with Gasteiger partial charge in [-0.2, -0.15) is 0 Å². The van der Waals surface area contributed by atoms with E-state index in [-0.39, 0.29) is 27.8 Å². The van der Waals surface area contributed by atoms with Gasteiger partial charge in [-0.05, 0) is 87.7 Å². The van der Waals surface area contributed by atoms with Gasteiger partial charge < -0.3 is 9.45 Å². The Morgan fingerprint density at radius 3 is 2.52 bits per heavy atom. The van der Waals surface area contributed by atoms with Crippen LogP contribution in [0.5, 0.6) is 0 Å². The SMILES string of the molecule is CC[C@@]1(C)CCC(c2ccc(Cl)c(F)c2)N(C(C[S+]([O-])C(C)(C)C)C2CC2)C1=O. The molecule has 1 aliphatic carbocycles. The van der Waals surface area contributed by atoms with Gasteiger partial charge in [0, 0.05) is 5.41 Å². The lowest BCUT2D eigenvalue weighted by Gasteiger charge is -2.48. The van der Waals surface area contributed by atoms with Crippen molar-refractivity contribution in [3.8, 4) is 0 Å². The predicted octanol–water partition coefficient (Wildman–Crippen LogP) is 5.88. The summed E-state index contributed by atoms with van der Waals surface area (Å²) in [6, 6.07) is 4.60. The second kappa shape index (κ2) is 8.39. The fraction of sp³-hybridized carbons (Fsp3) is 0.696. The Bertz CT molecular complexity index is 764. The molecule has 1 aromatic rings. The number of hydrogen-bond acceptors (Lipinski definition) is 2. The smallest absolute Gasteiger partial charge is 0.229 e. The molecule has 1 saturated carbocycles. The van der Waals surface area contributed by atoms with Crippen LogP contribution in [0.3, 0.4) is 0 Å². The van der Waals surface area contributed by atoms with Crippen LogP contribution in [0, 0.1) is 17.2 Å². The van der Waals surface area contributed by atoms with Gasteiger partial charge in [0.05, 0.1) is 17.1 Å². The number of benzene rings is 1. The quantitative estimate of drug-likeness (QED) is 0.517. The Labute approximate surface area is 182 Å². The average molecular weight is 442 g/mol. The highest BCUT2D eigenvalue weighted by molar-refractivity contribution is 7.92. The maximum atomic E-state index is 14.2. The zero-order valence-electron chi connectivity index (χ0n) is 18.1. The zero-order valence-corrected chi connectivity index (χ0v) is 19.7. The van der Waals surface area contributed by atoms with E-state index >= 15 is 0 Å². The maximum absolute atomic E-state index is 14.2. The highest BCUT2D eigenvalue weighted by Crippen LogP contribution is 2.48. The van der Waals surface area contributed by atoms with Gasteiger partial charge >= 0.3 is 0 Å². The van der Waals surface area contributed by atoms with Crippen molar-refractivity contribution < 1.29 is 13.7 Å². The number of hydrogen-bond donors (Lipinski definition) is 0. The summed E-state index contributed by atoms with van der Waals surface area (Å²) in [6.07, 6.45) is 4.43. The highest BCUT2D eigenvalue weighted by atomic mass is 35.5. The van der Waals surface area contributed by atoms with E-state index in [0.29, 0.717) is 11.7 Å². The highest BCUT2D eigenvalue weighted by Gasteiger charge is 2.51. The van der Waals surface area contributed by atoms with Crippen molar-refractivity contribution in [2.24, 2.45) is 11.3 Å². The molecule has 2 fully saturated rings. The summed E-state index contributed by atoms with van der Waals surface area (Å²) in [7, 11) is 0. The second-order valence-corrected chi connectivity index (χ2v) is 12.5. The molecule has 29 heavy (non-hydrogen) atoms. The van der Waals surface area contributed by atoms with Gasteiger partial charge in [0.15, 0.2) is 0 Å². The number of carbonyl (C=O) groups is 1. The molecule has 1 saturated heterocycles. The Kier molecular flexibility index (Phi) is 6.63. The van der Waals surface area contributed by atoms with E-state index in [1.165, 1.54) is 6.07 Å². The lowest BCUT2D eigenvalue weighted by molar-refractivity contribution is -0.153. The van der Waals surface area contributed by atoms with Crippen molar-refractivity contribution >= 4 is 28.7 Å². The fourth-order valence-corrected chi connectivity index (χ4v) is 5.60. The van der Waals surface area contributed by atoms with Crippen LogP contribution in [0.15, 0.2) is 18.2 Å². The van der Waals surface area contributed by atoms with Crippen LogP contribution in [0.25, 0.3) is 0 Å². The number of rotatable bonds is 6. The van der Waals surface area contributed by atoms with E-state index in [0.717, 1.165) is 37.7 Å². The molecule has 3 nitrogen and oxygen atoms in total. The van der Waals surface area contributed by atoms with E-state index in [9.17, 15) is 13.7 Å². The summed E-state index contributed by atoms with van der Waals surface area (Å²) < 4.78 is 26.9. The van der Waals surface area contributed by atoms with Crippen molar-refractivity contribution in [1.29, 1.82) is 0 Å². The maximum Gasteiger partial charge on any atom is 0.229 e. The molecule has 0 radical (unpaired) electrons. The molecule has 3 rings (SSSR count). The lowest BCUT2D eigenvalue weighted by Crippen LogP contribution is -2.56. The van der Waals surface area contributed by atoms with Gasteiger partial charge in [-0.25, -0.2) is 4.39 Å². The molecule has 1 heterocycles. The third-order valence-electron chi connectivity index (χ3n) is 6.69. The van der Waals surface area contributed by atoms with Crippen LogP contribution in [0.4, 0.5) is 4.39 Å². The molecule has 6 heteroatoms. The lowest BCUT2D eigenvalue weighted by atomic mass is 9.74. The molecule has 1 aliphatic heterocycles. The fourth-order valence-electron chi connectivity index (χ4n) is 4.24. The molecule has 1 amide bonds. The minimum Gasteiger partial charge on any atom is -0.616 e. The van der Waals surface area contributed by atoms with Crippen molar-refractivity contribution in [1.82, 2.24) is 4.90 Å². The van der Waals surface area contributed by atoms with Crippen LogP contribution in [0.2, 0.25) is 5.02 Å². The van der Waals surface area contributed by atoms with E-state index in [1.807, 2.05) is 38.7 Å². The summed E-state index contributed by atoms with van der Waals surface area (Å²) in [5, 5.41) is 0.0911. The summed E-state index contributed by atoms with van der Waals surface area (Å²) in [5.41, 5.74) is 0.364. The van der Waals surface area contributed by atoms with Gasteiger partial charge in [0.1, 0.15) is 16.3 Å². The summed E-state index contributed by atoms with van der Waals surface area (Å²) in [6.45, 7) is 10.0. The summed E-state index contributed by atoms with van der Waals surface area (Å²) in [4.78, 5) is 15.7. The Balaban J connectivity index is 2.00. The van der Waals surface area contributed by atoms with Crippen LogP contribution >= 0.6 is 11.6 Å². The standard InChI is InChI=1S/C23H33ClFNO2S/c1-6-23(5)12-11-19(16-9-10-17(24)18(25)13-16)26(21(23)27)20(15-7-8-15)14-29(28)22(2,3)4/h9-10,13,15,19-20H,6-8,11-12,14H2,1-5H3/t19?,20?,23-,29?/m0/s1. The number of likely N-dealkylation sites (tertiary alicyclic amines) is 1. The minimum atomic E-state index is -1.06. The molecule has 4 atom stereocenters. The molecule has 1 aromatic carbocycles. The van der Waals surface area contributed by atoms with Gasteiger partial charge in [0.25, 0.3) is 0 Å². The third kappa shape index (κ3) is 4.77. The first kappa shape index (κ1) is 22.9. The van der Waals surface area contributed by atoms with Crippen LogP contribution in [-0.2, 0) is 16.0 Å². The van der Waals surface area contributed by atoms with Gasteiger partial charge in [0.2, 0.25) is 5.91 Å². The number of carbonyl (C=O) groups excluding carboxylic acids is 1. The first-order chi connectivity index (χ1) is 13.5. The molecule has 0 spiro atoms. The van der Waals surface area contributed by atoms with Crippen LogP contribution < -0.4 is 0 Å². The monoisotopic (exact) mass is 441 g/mol. The Morgan fingerprint density at radius 2 is 2.00 bits per heavy atom. The van der Waals surface area contributed by atoms with Crippen molar-refractivity contribution in [2.45, 2.75) is 83.6 Å². The van der Waals surface area contributed by atoms with Gasteiger partial charge in [-0.3, -0.25) is 4.79 Å². The van der Waals surface area contributed by atoms with Crippen molar-refractivity contribution in [3.05, 3.63) is 34.6 Å². The van der Waals surface area contributed by atoms with E-state index in [4.69, 9.17) is 11.6 Å². The zero-order chi connectivity index (χ0) is 21.6. The van der Waals surface area contributed by atoms with Crippen LogP contribution in [-0.4, -0.2) is 31.9 Å². The number of piperidine rings is 1. The predicted molar refractivity (Wildman–Crippen MR) is 118 cm³/mol. The molecule has 0 bridgehead atoms. The van der Waals surface area contributed by atoms with Gasteiger partial charge in [-0.1, -0.05) is 31.5 Å². The average Bonchev–Trinajstić information content (AvgIpc) is 3.49. The van der Waals surface area contributed by atoms with Gasteiger partial charge in [-0.15, -0.1) is 0 Å². The third-order valence-corrected chi connectivity index (χ3v) is 9.01. The number of nitrogens with zero attached hydrogens (tertiary/aromatic N) is 1. The molecule has 2 aliphatic rings. The van der Waals surface area contributed by atoms with E-state index < -0.39 is 22.4 Å². The molecule has 0 N–H and O–H groups in total. The normalized spacial score (nSPS) is 27.8. The Morgan fingerprint density at radius 1 is 1.34 bits per heavy atom. The molecule has 0 aromatic heterocycles. The summed E-state index contributed by atoms with van der Waals surface area (Å²) in [5.74, 6) is 0.520. The molecular weight excluding hydrogens is 409 g/mol. The Hall–Kier alpha value is -0.780. The van der Waals surface area contributed by atoms with Crippen molar-refractivity contribution in [2.75, 3.05) is 5.75 Å². The molecule has 3 unspecified atom stereocenters.